The Hall–Kier alpha value is -2.63. The quantitative estimate of drug-likeness (QED) is 0.754. The molecule has 0 fully saturated rings. The van der Waals surface area contributed by atoms with Gasteiger partial charge in [0.05, 0.1) is 11.0 Å². The topological polar surface area (TPSA) is 64.7 Å². The fourth-order valence-corrected chi connectivity index (χ4v) is 3.02. The van der Waals surface area contributed by atoms with Gasteiger partial charge in [0.2, 0.25) is 5.91 Å². The lowest BCUT2D eigenvalue weighted by Gasteiger charge is -2.15. The minimum absolute atomic E-state index is 0.0646. The Morgan fingerprint density at radius 2 is 2.17 bits per heavy atom. The van der Waals surface area contributed by atoms with Gasteiger partial charge < -0.3 is 9.88 Å². The number of anilines is 1. The highest BCUT2D eigenvalue weighted by Crippen LogP contribution is 2.22. The number of carbonyl (C=O) groups excluding carboxylic acids is 1. The van der Waals surface area contributed by atoms with E-state index in [9.17, 15) is 4.79 Å². The van der Waals surface area contributed by atoms with E-state index >= 15 is 0 Å². The second-order valence-electron chi connectivity index (χ2n) is 5.91. The van der Waals surface area contributed by atoms with Crippen LogP contribution in [0.25, 0.3) is 11.0 Å². The molecule has 1 amide bonds. The van der Waals surface area contributed by atoms with Gasteiger partial charge in [-0.25, -0.2) is 4.98 Å². The van der Waals surface area contributed by atoms with Gasteiger partial charge in [0.1, 0.15) is 11.9 Å². The number of amides is 1. The van der Waals surface area contributed by atoms with Crippen LogP contribution >= 0.6 is 0 Å². The molecule has 0 saturated carbocycles. The van der Waals surface area contributed by atoms with Gasteiger partial charge >= 0.3 is 0 Å². The van der Waals surface area contributed by atoms with Crippen LogP contribution in [0.3, 0.4) is 0 Å². The number of rotatable bonds is 6. The Kier molecular flexibility index (Phi) is 4.64. The van der Waals surface area contributed by atoms with Crippen LogP contribution in [0.4, 0.5) is 5.69 Å². The molecule has 6 nitrogen and oxygen atoms in total. The Morgan fingerprint density at radius 3 is 2.83 bits per heavy atom. The van der Waals surface area contributed by atoms with Crippen molar-refractivity contribution in [1.29, 1.82) is 0 Å². The molecule has 1 unspecified atom stereocenters. The molecule has 1 aromatic carbocycles. The van der Waals surface area contributed by atoms with Crippen LogP contribution in [0.15, 0.2) is 36.7 Å². The van der Waals surface area contributed by atoms with Gasteiger partial charge in [-0.15, -0.1) is 0 Å². The molecule has 0 aliphatic heterocycles. The zero-order valence-electron chi connectivity index (χ0n) is 14.4. The first kappa shape index (κ1) is 16.2. The lowest BCUT2D eigenvalue weighted by atomic mass is 10.2. The number of aryl methyl sites for hydroxylation is 2. The highest BCUT2D eigenvalue weighted by atomic mass is 16.2. The second kappa shape index (κ2) is 6.86. The average molecular weight is 325 g/mol. The first-order chi connectivity index (χ1) is 11.6. The van der Waals surface area contributed by atoms with E-state index < -0.39 is 0 Å². The molecule has 1 atom stereocenters. The maximum atomic E-state index is 12.6. The lowest BCUT2D eigenvalue weighted by Crippen LogP contribution is -2.25. The predicted molar refractivity (Wildman–Crippen MR) is 94.9 cm³/mol. The summed E-state index contributed by atoms with van der Waals surface area (Å²) in [5.41, 5.74) is 2.77. The fraction of sp³-hybridized carbons (Fsp3) is 0.389. The smallest absolute Gasteiger partial charge is 0.249 e. The monoisotopic (exact) mass is 325 g/mol. The number of imidazole rings is 1. The molecule has 126 valence electrons. The van der Waals surface area contributed by atoms with E-state index in [0.29, 0.717) is 6.42 Å². The maximum Gasteiger partial charge on any atom is 0.249 e. The summed E-state index contributed by atoms with van der Waals surface area (Å²) in [5, 5.41) is 7.16. The van der Waals surface area contributed by atoms with E-state index in [-0.39, 0.29) is 11.9 Å². The number of aromatic nitrogens is 4. The molecule has 3 rings (SSSR count). The Balaban J connectivity index is 1.83. The summed E-state index contributed by atoms with van der Waals surface area (Å²) < 4.78 is 3.90. The highest BCUT2D eigenvalue weighted by Gasteiger charge is 2.19. The summed E-state index contributed by atoms with van der Waals surface area (Å²) >= 11 is 0. The van der Waals surface area contributed by atoms with Crippen molar-refractivity contribution in [1.82, 2.24) is 19.3 Å². The summed E-state index contributed by atoms with van der Waals surface area (Å²) in [6, 6.07) is 7.40. The zero-order valence-corrected chi connectivity index (χ0v) is 14.4. The van der Waals surface area contributed by atoms with Crippen molar-refractivity contribution >= 4 is 22.6 Å². The van der Waals surface area contributed by atoms with E-state index in [0.717, 1.165) is 35.5 Å². The lowest BCUT2D eigenvalue weighted by molar-refractivity contribution is -0.119. The van der Waals surface area contributed by atoms with E-state index in [4.69, 9.17) is 0 Å². The molecule has 0 saturated heterocycles. The van der Waals surface area contributed by atoms with E-state index in [1.165, 1.54) is 0 Å². The molecule has 3 aromatic rings. The molecule has 24 heavy (non-hydrogen) atoms. The van der Waals surface area contributed by atoms with Gasteiger partial charge in [-0.2, -0.15) is 5.10 Å². The number of nitrogens with one attached hydrogen (secondary N) is 1. The molecule has 0 radical (unpaired) electrons. The summed E-state index contributed by atoms with van der Waals surface area (Å²) in [4.78, 5) is 17.2. The minimum Gasteiger partial charge on any atom is -0.328 e. The molecule has 0 bridgehead atoms. The first-order valence-electron chi connectivity index (χ1n) is 8.41. The average Bonchev–Trinajstić information content (AvgIpc) is 3.17. The van der Waals surface area contributed by atoms with Crippen molar-refractivity contribution in [2.75, 3.05) is 5.32 Å². The normalized spacial score (nSPS) is 12.5. The Bertz CT molecular complexity index is 835. The van der Waals surface area contributed by atoms with Crippen molar-refractivity contribution < 1.29 is 4.79 Å². The van der Waals surface area contributed by atoms with Crippen LogP contribution in [0.2, 0.25) is 0 Å². The summed E-state index contributed by atoms with van der Waals surface area (Å²) in [7, 11) is 0. The third-order valence-electron chi connectivity index (χ3n) is 4.19. The van der Waals surface area contributed by atoms with Crippen molar-refractivity contribution in [2.45, 2.75) is 46.2 Å². The number of benzene rings is 1. The Labute approximate surface area is 141 Å². The van der Waals surface area contributed by atoms with Crippen LogP contribution in [-0.2, 0) is 11.3 Å². The predicted octanol–water partition coefficient (Wildman–Crippen LogP) is 3.54. The van der Waals surface area contributed by atoms with Crippen LogP contribution < -0.4 is 5.32 Å². The van der Waals surface area contributed by atoms with Crippen LogP contribution in [0, 0.1) is 6.92 Å². The molecule has 0 aliphatic carbocycles. The first-order valence-corrected chi connectivity index (χ1v) is 8.41. The molecule has 2 aromatic heterocycles. The van der Waals surface area contributed by atoms with E-state index in [1.54, 1.807) is 10.9 Å². The number of hydrogen-bond acceptors (Lipinski definition) is 3. The molecule has 1 N–H and O–H groups in total. The van der Waals surface area contributed by atoms with Gasteiger partial charge in [-0.1, -0.05) is 13.8 Å². The molecular formula is C18H23N5O. The number of nitrogens with zero attached hydrogens (tertiary/aromatic N) is 4. The van der Waals surface area contributed by atoms with Gasteiger partial charge in [-0.3, -0.25) is 9.48 Å². The van der Waals surface area contributed by atoms with Crippen molar-refractivity contribution in [3.05, 3.63) is 42.5 Å². The zero-order chi connectivity index (χ0) is 17.1. The third-order valence-corrected chi connectivity index (χ3v) is 4.19. The molecular weight excluding hydrogens is 302 g/mol. The molecule has 0 spiro atoms. The van der Waals surface area contributed by atoms with E-state index in [1.807, 2.05) is 44.3 Å². The second-order valence-corrected chi connectivity index (χ2v) is 5.91. The summed E-state index contributed by atoms with van der Waals surface area (Å²) in [6.07, 6.45) is 5.24. The van der Waals surface area contributed by atoms with Crippen molar-refractivity contribution in [3.8, 4) is 0 Å². The number of hydrogen-bond donors (Lipinski definition) is 1. The fourth-order valence-electron chi connectivity index (χ4n) is 3.02. The third kappa shape index (κ3) is 3.04. The molecule has 2 heterocycles. The summed E-state index contributed by atoms with van der Waals surface area (Å²) in [5.74, 6) is 0.934. The van der Waals surface area contributed by atoms with Gasteiger partial charge in [0.15, 0.2) is 0 Å². The van der Waals surface area contributed by atoms with Crippen LogP contribution in [0.5, 0.6) is 0 Å². The summed E-state index contributed by atoms with van der Waals surface area (Å²) in [6.45, 7) is 7.09. The van der Waals surface area contributed by atoms with Crippen molar-refractivity contribution in [3.63, 3.8) is 0 Å². The molecule has 6 heteroatoms. The van der Waals surface area contributed by atoms with Gasteiger partial charge in [0, 0.05) is 24.6 Å². The number of fused-ring (bicyclic) bond motifs is 1. The highest BCUT2D eigenvalue weighted by molar-refractivity contribution is 5.95. The largest absolute Gasteiger partial charge is 0.328 e. The van der Waals surface area contributed by atoms with Crippen LogP contribution in [0.1, 0.15) is 38.6 Å². The van der Waals surface area contributed by atoms with E-state index in [2.05, 4.69) is 26.9 Å². The van der Waals surface area contributed by atoms with Gasteiger partial charge in [-0.05, 0) is 44.0 Å². The minimum atomic E-state index is -0.310. The van der Waals surface area contributed by atoms with Crippen LogP contribution in [-0.4, -0.2) is 25.2 Å². The SMILES string of the molecule is CCCn1c(C)nc2cc(NC(=O)C(CC)n3cccn3)ccc21. The molecule has 0 aliphatic rings. The standard InChI is InChI=1S/C18H23N5O/c1-4-10-22-13(3)20-15-12-14(7-8-17(15)22)21-18(24)16(5-2)23-11-6-9-19-23/h6-9,11-12,16H,4-5,10H2,1-3H3,(H,21,24). The maximum absolute atomic E-state index is 12.6. The Morgan fingerprint density at radius 1 is 1.33 bits per heavy atom. The number of carbonyl (C=O) groups is 1. The van der Waals surface area contributed by atoms with Crippen molar-refractivity contribution in [2.24, 2.45) is 0 Å². The van der Waals surface area contributed by atoms with Gasteiger partial charge in [0.25, 0.3) is 0 Å².